The Morgan fingerprint density at radius 1 is 1.13 bits per heavy atom. The van der Waals surface area contributed by atoms with Gasteiger partial charge in [-0.25, -0.2) is 0 Å². The Hall–Kier alpha value is -1.30. The van der Waals surface area contributed by atoms with Crippen LogP contribution in [-0.4, -0.2) is 66.6 Å². The number of piperazine rings is 1. The number of ether oxygens (including phenoxy) is 1. The summed E-state index contributed by atoms with van der Waals surface area (Å²) in [5.74, 6) is 0.650. The van der Waals surface area contributed by atoms with Gasteiger partial charge in [0.1, 0.15) is 5.75 Å². The molecule has 0 aromatic heterocycles. The lowest BCUT2D eigenvalue weighted by atomic mass is 9.79. The number of amides is 1. The third-order valence-electron chi connectivity index (χ3n) is 6.96. The maximum atomic E-state index is 12.9. The van der Waals surface area contributed by atoms with Crippen LogP contribution in [0.1, 0.15) is 57.1 Å². The smallest absolute Gasteiger partial charge is 0.260 e. The second kappa shape index (κ2) is 10.3. The second-order valence-corrected chi connectivity index (χ2v) is 9.43. The van der Waals surface area contributed by atoms with Crippen LogP contribution in [0.3, 0.4) is 0 Å². The van der Waals surface area contributed by atoms with Gasteiger partial charge in [-0.2, -0.15) is 0 Å². The topological polar surface area (TPSA) is 44.8 Å². The van der Waals surface area contributed by atoms with E-state index in [0.717, 1.165) is 48.9 Å². The summed E-state index contributed by atoms with van der Waals surface area (Å²) in [6.45, 7) is 14.2. The first-order valence-electron chi connectivity index (χ1n) is 11.5. The SMILES string of the molecule is CCN1CCN(C2(CNC(=O)[C@@H](C)Oc3cc(C)c(Cl)c(C)c3)CCCCC2)CC1. The van der Waals surface area contributed by atoms with E-state index in [9.17, 15) is 4.79 Å². The Morgan fingerprint density at radius 3 is 2.30 bits per heavy atom. The van der Waals surface area contributed by atoms with E-state index in [2.05, 4.69) is 22.0 Å². The summed E-state index contributed by atoms with van der Waals surface area (Å²) in [6.07, 6.45) is 5.61. The van der Waals surface area contributed by atoms with E-state index in [-0.39, 0.29) is 11.4 Å². The third-order valence-corrected chi connectivity index (χ3v) is 7.55. The fourth-order valence-corrected chi connectivity index (χ4v) is 5.09. The Morgan fingerprint density at radius 2 is 1.73 bits per heavy atom. The Labute approximate surface area is 187 Å². The van der Waals surface area contributed by atoms with Gasteiger partial charge in [-0.05, 0) is 63.4 Å². The van der Waals surface area contributed by atoms with Gasteiger partial charge in [-0.3, -0.25) is 9.69 Å². The van der Waals surface area contributed by atoms with Crippen molar-refractivity contribution in [3.63, 3.8) is 0 Å². The fourth-order valence-electron chi connectivity index (χ4n) is 4.98. The molecule has 2 fully saturated rings. The molecule has 0 radical (unpaired) electrons. The third kappa shape index (κ3) is 5.49. The number of aryl methyl sites for hydroxylation is 2. The number of hydrogen-bond donors (Lipinski definition) is 1. The molecule has 1 aliphatic carbocycles. The van der Waals surface area contributed by atoms with Crippen molar-refractivity contribution in [2.45, 2.75) is 71.4 Å². The zero-order valence-corrected chi connectivity index (χ0v) is 19.9. The van der Waals surface area contributed by atoms with Crippen molar-refractivity contribution in [3.8, 4) is 5.75 Å². The summed E-state index contributed by atoms with van der Waals surface area (Å²) in [5, 5.41) is 3.98. The van der Waals surface area contributed by atoms with E-state index in [4.69, 9.17) is 16.3 Å². The lowest BCUT2D eigenvalue weighted by Crippen LogP contribution is -2.62. The first-order chi connectivity index (χ1) is 14.3. The molecule has 1 N–H and O–H groups in total. The highest BCUT2D eigenvalue weighted by molar-refractivity contribution is 6.32. The highest BCUT2D eigenvalue weighted by atomic mass is 35.5. The van der Waals surface area contributed by atoms with Gasteiger partial charge in [0, 0.05) is 43.3 Å². The van der Waals surface area contributed by atoms with Crippen molar-refractivity contribution in [1.29, 1.82) is 0 Å². The van der Waals surface area contributed by atoms with Crippen molar-refractivity contribution in [3.05, 3.63) is 28.3 Å². The van der Waals surface area contributed by atoms with Crippen molar-refractivity contribution in [1.82, 2.24) is 15.1 Å². The second-order valence-electron chi connectivity index (χ2n) is 9.06. The van der Waals surface area contributed by atoms with Crippen LogP contribution in [0.4, 0.5) is 0 Å². The highest BCUT2D eigenvalue weighted by Gasteiger charge is 2.39. The molecule has 1 atom stereocenters. The van der Waals surface area contributed by atoms with Crippen LogP contribution in [0.25, 0.3) is 0 Å². The molecule has 1 amide bonds. The number of likely N-dealkylation sites (N-methyl/N-ethyl adjacent to an activating group) is 1. The summed E-state index contributed by atoms with van der Waals surface area (Å²) in [7, 11) is 0. The number of carbonyl (C=O) groups excluding carboxylic acids is 1. The number of hydrogen-bond acceptors (Lipinski definition) is 4. The number of nitrogens with one attached hydrogen (secondary N) is 1. The van der Waals surface area contributed by atoms with Gasteiger partial charge in [0.2, 0.25) is 0 Å². The van der Waals surface area contributed by atoms with Gasteiger partial charge in [0.15, 0.2) is 6.10 Å². The largest absolute Gasteiger partial charge is 0.481 e. The number of halogens is 1. The Kier molecular flexibility index (Phi) is 8.05. The number of nitrogens with zero attached hydrogens (tertiary/aromatic N) is 2. The summed E-state index contributed by atoms with van der Waals surface area (Å²) in [6, 6.07) is 3.80. The van der Waals surface area contributed by atoms with Gasteiger partial charge < -0.3 is 15.0 Å². The standard InChI is InChI=1S/C24H38ClN3O2/c1-5-27-11-13-28(14-12-27)24(9-7-6-8-10-24)17-26-23(29)20(4)30-21-15-18(2)22(25)19(3)16-21/h15-16,20H,5-14,17H2,1-4H3,(H,26,29)/t20-/m1/s1. The van der Waals surface area contributed by atoms with E-state index in [1.54, 1.807) is 0 Å². The molecular weight excluding hydrogens is 398 g/mol. The average Bonchev–Trinajstić information content (AvgIpc) is 2.76. The van der Waals surface area contributed by atoms with E-state index >= 15 is 0 Å². The lowest BCUT2D eigenvalue weighted by Gasteiger charge is -2.50. The molecule has 1 heterocycles. The number of benzene rings is 1. The molecule has 1 aromatic carbocycles. The van der Waals surface area contributed by atoms with Crippen LogP contribution in [0.15, 0.2) is 12.1 Å². The van der Waals surface area contributed by atoms with E-state index in [1.165, 1.54) is 32.1 Å². The van der Waals surface area contributed by atoms with E-state index in [0.29, 0.717) is 12.3 Å². The molecule has 0 bridgehead atoms. The maximum Gasteiger partial charge on any atom is 0.260 e. The molecule has 1 aliphatic heterocycles. The monoisotopic (exact) mass is 435 g/mol. The minimum absolute atomic E-state index is 0.0441. The van der Waals surface area contributed by atoms with Crippen LogP contribution in [0.2, 0.25) is 5.02 Å². The van der Waals surface area contributed by atoms with Crippen LogP contribution in [0.5, 0.6) is 5.75 Å². The minimum atomic E-state index is -0.539. The molecule has 0 unspecified atom stereocenters. The molecule has 168 valence electrons. The number of rotatable bonds is 7. The summed E-state index contributed by atoms with van der Waals surface area (Å²) >= 11 is 6.25. The summed E-state index contributed by atoms with van der Waals surface area (Å²) < 4.78 is 5.95. The van der Waals surface area contributed by atoms with Crippen LogP contribution >= 0.6 is 11.6 Å². The molecule has 3 rings (SSSR count). The van der Waals surface area contributed by atoms with Crippen molar-refractivity contribution >= 4 is 17.5 Å². The molecule has 1 saturated heterocycles. The highest BCUT2D eigenvalue weighted by Crippen LogP contribution is 2.34. The number of carbonyl (C=O) groups is 1. The molecule has 1 saturated carbocycles. The lowest BCUT2D eigenvalue weighted by molar-refractivity contribution is -0.128. The van der Waals surface area contributed by atoms with E-state index in [1.807, 2.05) is 32.9 Å². The quantitative estimate of drug-likeness (QED) is 0.697. The molecule has 5 nitrogen and oxygen atoms in total. The normalized spacial score (nSPS) is 21.2. The van der Waals surface area contributed by atoms with E-state index < -0.39 is 6.10 Å². The predicted octanol–water partition coefficient (Wildman–Crippen LogP) is 4.18. The summed E-state index contributed by atoms with van der Waals surface area (Å²) in [4.78, 5) is 18.0. The van der Waals surface area contributed by atoms with Crippen LogP contribution < -0.4 is 10.1 Å². The molecule has 6 heteroatoms. The van der Waals surface area contributed by atoms with Gasteiger partial charge in [-0.1, -0.05) is 37.8 Å². The Balaban J connectivity index is 1.60. The molecule has 2 aliphatic rings. The average molecular weight is 436 g/mol. The fraction of sp³-hybridized carbons (Fsp3) is 0.708. The maximum absolute atomic E-state index is 12.9. The van der Waals surface area contributed by atoms with Crippen LogP contribution in [0, 0.1) is 13.8 Å². The van der Waals surface area contributed by atoms with Crippen molar-refractivity contribution in [2.24, 2.45) is 0 Å². The molecule has 30 heavy (non-hydrogen) atoms. The van der Waals surface area contributed by atoms with Gasteiger partial charge in [0.05, 0.1) is 0 Å². The summed E-state index contributed by atoms with van der Waals surface area (Å²) in [5.41, 5.74) is 2.03. The molecular formula is C24H38ClN3O2. The minimum Gasteiger partial charge on any atom is -0.481 e. The first-order valence-corrected chi connectivity index (χ1v) is 11.9. The predicted molar refractivity (Wildman–Crippen MR) is 124 cm³/mol. The van der Waals surface area contributed by atoms with Crippen LogP contribution in [-0.2, 0) is 4.79 Å². The zero-order valence-electron chi connectivity index (χ0n) is 19.1. The molecule has 0 spiro atoms. The first kappa shape index (κ1) is 23.4. The van der Waals surface area contributed by atoms with Crippen molar-refractivity contribution < 1.29 is 9.53 Å². The van der Waals surface area contributed by atoms with Crippen molar-refractivity contribution in [2.75, 3.05) is 39.3 Å². The van der Waals surface area contributed by atoms with Gasteiger partial charge in [0.25, 0.3) is 5.91 Å². The Bertz CT molecular complexity index is 702. The molecule has 1 aromatic rings. The van der Waals surface area contributed by atoms with Gasteiger partial charge in [-0.15, -0.1) is 0 Å². The zero-order chi connectivity index (χ0) is 21.7. The van der Waals surface area contributed by atoms with Gasteiger partial charge >= 0.3 is 0 Å².